The second-order valence-corrected chi connectivity index (χ2v) is 6.54. The molecule has 21 heavy (non-hydrogen) atoms. The van der Waals surface area contributed by atoms with E-state index in [2.05, 4.69) is 25.8 Å². The number of aromatic nitrogens is 1. The maximum atomic E-state index is 13.1. The first-order chi connectivity index (χ1) is 10.1. The van der Waals surface area contributed by atoms with E-state index in [0.29, 0.717) is 0 Å². The lowest BCUT2D eigenvalue weighted by atomic mass is 9.76. The second kappa shape index (κ2) is 9.92. The zero-order valence-electron chi connectivity index (χ0n) is 14.1. The van der Waals surface area contributed by atoms with Crippen LogP contribution < -0.4 is 0 Å². The summed E-state index contributed by atoms with van der Waals surface area (Å²) in [6.07, 6.45) is 13.9. The molecule has 0 aliphatic rings. The van der Waals surface area contributed by atoms with Crippen LogP contribution in [0.1, 0.15) is 90.7 Å². The highest BCUT2D eigenvalue weighted by Crippen LogP contribution is 2.34. The lowest BCUT2D eigenvalue weighted by molar-refractivity contribution is 0.355. The average molecular weight is 293 g/mol. The molecule has 1 unspecified atom stereocenters. The third kappa shape index (κ3) is 6.58. The fourth-order valence-corrected chi connectivity index (χ4v) is 3.00. The molecule has 0 amide bonds. The highest BCUT2D eigenvalue weighted by atomic mass is 19.1. The van der Waals surface area contributed by atoms with E-state index in [-0.39, 0.29) is 11.2 Å². The van der Waals surface area contributed by atoms with Crippen molar-refractivity contribution in [3.63, 3.8) is 0 Å². The van der Waals surface area contributed by atoms with Gasteiger partial charge in [-0.3, -0.25) is 4.98 Å². The molecule has 1 rings (SSSR count). The van der Waals surface area contributed by atoms with Gasteiger partial charge in [0.15, 0.2) is 0 Å². The molecule has 0 aliphatic heterocycles. The van der Waals surface area contributed by atoms with Crippen LogP contribution in [-0.4, -0.2) is 4.98 Å². The van der Waals surface area contributed by atoms with E-state index in [9.17, 15) is 4.39 Å². The lowest BCUT2D eigenvalue weighted by Crippen LogP contribution is -2.23. The minimum absolute atomic E-state index is 0.106. The second-order valence-electron chi connectivity index (χ2n) is 6.54. The summed E-state index contributed by atoms with van der Waals surface area (Å²) in [6, 6.07) is 3.44. The summed E-state index contributed by atoms with van der Waals surface area (Å²) in [5.41, 5.74) is 1.17. The van der Waals surface area contributed by atoms with E-state index in [1.54, 1.807) is 6.07 Å². The van der Waals surface area contributed by atoms with Crippen LogP contribution in [0.5, 0.6) is 0 Å². The molecule has 1 aromatic heterocycles. The SMILES string of the molecule is CCCCCCCC(C)(CCCCC)c1ccc(F)cn1. The van der Waals surface area contributed by atoms with Gasteiger partial charge in [0, 0.05) is 11.1 Å². The van der Waals surface area contributed by atoms with E-state index in [1.165, 1.54) is 64.0 Å². The molecule has 0 aromatic carbocycles. The van der Waals surface area contributed by atoms with Gasteiger partial charge in [0.05, 0.1) is 6.20 Å². The zero-order chi connectivity index (χ0) is 15.6. The molecule has 0 fully saturated rings. The molecule has 0 spiro atoms. The average Bonchev–Trinajstić information content (AvgIpc) is 2.48. The summed E-state index contributed by atoms with van der Waals surface area (Å²) in [4.78, 5) is 4.37. The van der Waals surface area contributed by atoms with Crippen molar-refractivity contribution < 1.29 is 4.39 Å². The summed E-state index contributed by atoms with van der Waals surface area (Å²) in [6.45, 7) is 6.79. The van der Waals surface area contributed by atoms with Crippen molar-refractivity contribution in [2.45, 2.75) is 90.4 Å². The quantitative estimate of drug-likeness (QED) is 0.429. The van der Waals surface area contributed by atoms with Crippen molar-refractivity contribution >= 4 is 0 Å². The van der Waals surface area contributed by atoms with Gasteiger partial charge in [-0.25, -0.2) is 4.39 Å². The summed E-state index contributed by atoms with van der Waals surface area (Å²) in [5.74, 6) is -0.238. The molecule has 0 saturated heterocycles. The molecule has 1 aromatic rings. The standard InChI is InChI=1S/C19H32FN/c1-4-6-8-9-11-15-19(3,14-10-7-5-2)18-13-12-17(20)16-21-18/h12-13,16H,4-11,14-15H2,1-3H3. The highest BCUT2D eigenvalue weighted by Gasteiger charge is 2.27. The molecular formula is C19H32FN. The third-order valence-corrected chi connectivity index (χ3v) is 4.51. The van der Waals surface area contributed by atoms with Crippen LogP contribution in [0.25, 0.3) is 0 Å². The Labute approximate surface area is 130 Å². The summed E-state index contributed by atoms with van der Waals surface area (Å²) in [5, 5.41) is 0. The molecule has 2 heteroatoms. The van der Waals surface area contributed by atoms with Crippen LogP contribution in [0.15, 0.2) is 18.3 Å². The van der Waals surface area contributed by atoms with E-state index < -0.39 is 0 Å². The number of rotatable bonds is 11. The molecule has 0 saturated carbocycles. The number of halogens is 1. The number of nitrogens with zero attached hydrogens (tertiary/aromatic N) is 1. The Bertz CT molecular complexity index is 374. The van der Waals surface area contributed by atoms with Crippen molar-refractivity contribution in [3.8, 4) is 0 Å². The van der Waals surface area contributed by atoms with Crippen molar-refractivity contribution in [2.75, 3.05) is 0 Å². The Balaban J connectivity index is 2.62. The Morgan fingerprint density at radius 3 is 2.05 bits per heavy atom. The maximum absolute atomic E-state index is 13.1. The van der Waals surface area contributed by atoms with Gasteiger partial charge in [0.25, 0.3) is 0 Å². The fourth-order valence-electron chi connectivity index (χ4n) is 3.00. The van der Waals surface area contributed by atoms with Gasteiger partial charge in [-0.1, -0.05) is 72.1 Å². The maximum Gasteiger partial charge on any atom is 0.141 e. The zero-order valence-corrected chi connectivity index (χ0v) is 14.1. The number of unbranched alkanes of at least 4 members (excludes halogenated alkanes) is 6. The number of hydrogen-bond donors (Lipinski definition) is 0. The van der Waals surface area contributed by atoms with E-state index >= 15 is 0 Å². The fraction of sp³-hybridized carbons (Fsp3) is 0.737. The molecule has 1 atom stereocenters. The molecule has 0 bridgehead atoms. The first-order valence-corrected chi connectivity index (χ1v) is 8.74. The normalized spacial score (nSPS) is 14.1. The van der Waals surface area contributed by atoms with Crippen molar-refractivity contribution in [2.24, 2.45) is 0 Å². The van der Waals surface area contributed by atoms with Crippen molar-refractivity contribution in [3.05, 3.63) is 29.8 Å². The highest BCUT2D eigenvalue weighted by molar-refractivity contribution is 5.16. The monoisotopic (exact) mass is 293 g/mol. The Hall–Kier alpha value is -0.920. The van der Waals surface area contributed by atoms with Gasteiger partial charge in [-0.2, -0.15) is 0 Å². The van der Waals surface area contributed by atoms with E-state index in [4.69, 9.17) is 0 Å². The lowest BCUT2D eigenvalue weighted by Gasteiger charge is -2.29. The van der Waals surface area contributed by atoms with Gasteiger partial charge in [-0.05, 0) is 25.0 Å². The minimum atomic E-state index is -0.238. The Morgan fingerprint density at radius 2 is 1.48 bits per heavy atom. The summed E-state index contributed by atoms with van der Waals surface area (Å²) >= 11 is 0. The smallest absolute Gasteiger partial charge is 0.141 e. The van der Waals surface area contributed by atoms with Gasteiger partial charge in [0.2, 0.25) is 0 Å². The van der Waals surface area contributed by atoms with Gasteiger partial charge >= 0.3 is 0 Å². The Kier molecular flexibility index (Phi) is 8.56. The first kappa shape index (κ1) is 18.1. The molecular weight excluding hydrogens is 261 g/mol. The molecule has 120 valence electrons. The Morgan fingerprint density at radius 1 is 0.905 bits per heavy atom. The van der Waals surface area contributed by atoms with Crippen LogP contribution in [0, 0.1) is 5.82 Å². The summed E-state index contributed by atoms with van der Waals surface area (Å²) in [7, 11) is 0. The van der Waals surface area contributed by atoms with Crippen LogP contribution >= 0.6 is 0 Å². The van der Waals surface area contributed by atoms with Gasteiger partial charge < -0.3 is 0 Å². The van der Waals surface area contributed by atoms with Gasteiger partial charge in [0.1, 0.15) is 5.82 Å². The molecule has 0 N–H and O–H groups in total. The molecule has 0 radical (unpaired) electrons. The largest absolute Gasteiger partial charge is 0.258 e. The van der Waals surface area contributed by atoms with Crippen molar-refractivity contribution in [1.29, 1.82) is 0 Å². The van der Waals surface area contributed by atoms with Crippen LogP contribution in [-0.2, 0) is 5.41 Å². The predicted octanol–water partition coefficient (Wildman–Crippen LogP) is 6.42. The van der Waals surface area contributed by atoms with Crippen molar-refractivity contribution in [1.82, 2.24) is 4.98 Å². The minimum Gasteiger partial charge on any atom is -0.258 e. The molecule has 1 heterocycles. The van der Waals surface area contributed by atoms with Gasteiger partial charge in [-0.15, -0.1) is 0 Å². The number of pyridine rings is 1. The predicted molar refractivity (Wildman–Crippen MR) is 89.1 cm³/mol. The topological polar surface area (TPSA) is 12.9 Å². The first-order valence-electron chi connectivity index (χ1n) is 8.74. The van der Waals surface area contributed by atoms with Crippen LogP contribution in [0.2, 0.25) is 0 Å². The van der Waals surface area contributed by atoms with E-state index in [1.807, 2.05) is 6.07 Å². The van der Waals surface area contributed by atoms with E-state index in [0.717, 1.165) is 12.1 Å². The van der Waals surface area contributed by atoms with Crippen LogP contribution in [0.4, 0.5) is 4.39 Å². The summed E-state index contributed by atoms with van der Waals surface area (Å²) < 4.78 is 13.1. The molecule has 1 nitrogen and oxygen atoms in total. The third-order valence-electron chi connectivity index (χ3n) is 4.51. The number of hydrogen-bond acceptors (Lipinski definition) is 1. The van der Waals surface area contributed by atoms with Crippen LogP contribution in [0.3, 0.4) is 0 Å². The molecule has 0 aliphatic carbocycles.